The van der Waals surface area contributed by atoms with Crippen LogP contribution in [0.1, 0.15) is 31.0 Å². The van der Waals surface area contributed by atoms with Crippen LogP contribution < -0.4 is 10.5 Å². The summed E-state index contributed by atoms with van der Waals surface area (Å²) in [6.45, 7) is 6.47. The molecule has 2 aromatic rings. The lowest BCUT2D eigenvalue weighted by Gasteiger charge is -2.03. The van der Waals surface area contributed by atoms with Gasteiger partial charge in [-0.1, -0.05) is 13.8 Å². The standard InChI is InChI=1S/C13H18N2O/c1-7(2)12-8(3)10-5-9(14)6-11(16-4)13(10)15-12/h5-7,15H,14H2,1-4H3. The monoisotopic (exact) mass is 218 g/mol. The van der Waals surface area contributed by atoms with Crippen molar-refractivity contribution in [2.45, 2.75) is 26.7 Å². The number of H-pyrrole nitrogens is 1. The largest absolute Gasteiger partial charge is 0.494 e. The average Bonchev–Trinajstić information content (AvgIpc) is 2.55. The maximum absolute atomic E-state index is 5.86. The molecule has 0 aliphatic rings. The molecule has 1 aromatic heterocycles. The quantitative estimate of drug-likeness (QED) is 0.760. The topological polar surface area (TPSA) is 51.0 Å². The van der Waals surface area contributed by atoms with Crippen molar-refractivity contribution in [2.75, 3.05) is 12.8 Å². The van der Waals surface area contributed by atoms with Gasteiger partial charge in [0.2, 0.25) is 0 Å². The first kappa shape index (κ1) is 10.9. The van der Waals surface area contributed by atoms with Crippen molar-refractivity contribution in [3.05, 3.63) is 23.4 Å². The van der Waals surface area contributed by atoms with E-state index >= 15 is 0 Å². The molecule has 0 unspecified atom stereocenters. The highest BCUT2D eigenvalue weighted by atomic mass is 16.5. The lowest BCUT2D eigenvalue weighted by Crippen LogP contribution is -1.89. The molecule has 1 aromatic carbocycles. The Hall–Kier alpha value is -1.64. The van der Waals surface area contributed by atoms with E-state index in [1.807, 2.05) is 12.1 Å². The number of nitrogens with two attached hydrogens (primary N) is 1. The Kier molecular flexibility index (Phi) is 2.54. The van der Waals surface area contributed by atoms with Gasteiger partial charge >= 0.3 is 0 Å². The second-order valence-electron chi connectivity index (χ2n) is 4.46. The van der Waals surface area contributed by atoms with Gasteiger partial charge in [0, 0.05) is 22.8 Å². The summed E-state index contributed by atoms with van der Waals surface area (Å²) in [6, 6.07) is 3.85. The number of nitrogen functional groups attached to an aromatic ring is 1. The van der Waals surface area contributed by atoms with Gasteiger partial charge in [0.25, 0.3) is 0 Å². The molecule has 0 radical (unpaired) electrons. The predicted molar refractivity (Wildman–Crippen MR) is 68.1 cm³/mol. The van der Waals surface area contributed by atoms with Crippen LogP contribution in [0.25, 0.3) is 10.9 Å². The van der Waals surface area contributed by atoms with Gasteiger partial charge in [0.15, 0.2) is 0 Å². The Labute approximate surface area is 95.6 Å². The van der Waals surface area contributed by atoms with E-state index in [9.17, 15) is 0 Å². The molecule has 0 saturated heterocycles. The van der Waals surface area contributed by atoms with E-state index in [1.165, 1.54) is 11.3 Å². The third kappa shape index (κ3) is 1.52. The number of anilines is 1. The van der Waals surface area contributed by atoms with Crippen molar-refractivity contribution in [2.24, 2.45) is 0 Å². The molecule has 86 valence electrons. The first-order valence-corrected chi connectivity index (χ1v) is 5.50. The summed E-state index contributed by atoms with van der Waals surface area (Å²) < 4.78 is 5.35. The molecular weight excluding hydrogens is 200 g/mol. The molecule has 3 heteroatoms. The highest BCUT2D eigenvalue weighted by Gasteiger charge is 2.14. The Bertz CT molecular complexity index is 526. The van der Waals surface area contributed by atoms with Gasteiger partial charge < -0.3 is 15.5 Å². The van der Waals surface area contributed by atoms with Crippen LogP contribution in [0.3, 0.4) is 0 Å². The fourth-order valence-corrected chi connectivity index (χ4v) is 2.17. The van der Waals surface area contributed by atoms with E-state index in [1.54, 1.807) is 7.11 Å². The zero-order valence-corrected chi connectivity index (χ0v) is 10.2. The van der Waals surface area contributed by atoms with Crippen LogP contribution in [0, 0.1) is 6.92 Å². The normalized spacial score (nSPS) is 11.3. The lowest BCUT2D eigenvalue weighted by atomic mass is 10.0. The number of ether oxygens (including phenoxy) is 1. The summed E-state index contributed by atoms with van der Waals surface area (Å²) in [6.07, 6.45) is 0. The SMILES string of the molecule is COc1cc(N)cc2c(C)c(C(C)C)[nH]c12. The van der Waals surface area contributed by atoms with E-state index in [0.717, 1.165) is 22.3 Å². The molecule has 0 spiro atoms. The summed E-state index contributed by atoms with van der Waals surface area (Å²) in [7, 11) is 1.67. The Balaban J connectivity index is 2.80. The molecule has 0 aliphatic carbocycles. The van der Waals surface area contributed by atoms with Crippen molar-refractivity contribution in [3.8, 4) is 5.75 Å². The first-order valence-electron chi connectivity index (χ1n) is 5.50. The van der Waals surface area contributed by atoms with Crippen LogP contribution in [0.4, 0.5) is 5.69 Å². The molecule has 0 saturated carbocycles. The summed E-state index contributed by atoms with van der Waals surface area (Å²) in [4.78, 5) is 3.43. The third-order valence-electron chi connectivity index (χ3n) is 2.99. The van der Waals surface area contributed by atoms with Gasteiger partial charge in [0.1, 0.15) is 5.75 Å². The number of benzene rings is 1. The number of rotatable bonds is 2. The molecule has 3 nitrogen and oxygen atoms in total. The van der Waals surface area contributed by atoms with Crippen LogP contribution in [0.5, 0.6) is 5.75 Å². The number of aromatic nitrogens is 1. The summed E-state index contributed by atoms with van der Waals surface area (Å²) in [5.74, 6) is 1.28. The van der Waals surface area contributed by atoms with Crippen LogP contribution in [0.15, 0.2) is 12.1 Å². The van der Waals surface area contributed by atoms with Gasteiger partial charge in [-0.3, -0.25) is 0 Å². The summed E-state index contributed by atoms with van der Waals surface area (Å²) in [5.41, 5.74) is 10.1. The number of aromatic amines is 1. The lowest BCUT2D eigenvalue weighted by molar-refractivity contribution is 0.419. The summed E-state index contributed by atoms with van der Waals surface area (Å²) in [5, 5.41) is 1.15. The van der Waals surface area contributed by atoms with Crippen molar-refractivity contribution in [3.63, 3.8) is 0 Å². The number of methoxy groups -OCH3 is 1. The van der Waals surface area contributed by atoms with Crippen LogP contribution >= 0.6 is 0 Å². The van der Waals surface area contributed by atoms with Gasteiger partial charge in [-0.25, -0.2) is 0 Å². The maximum Gasteiger partial charge on any atom is 0.144 e. The Morgan fingerprint density at radius 2 is 2.00 bits per heavy atom. The highest BCUT2D eigenvalue weighted by Crippen LogP contribution is 2.34. The van der Waals surface area contributed by atoms with E-state index in [4.69, 9.17) is 10.5 Å². The molecule has 0 fully saturated rings. The van der Waals surface area contributed by atoms with Gasteiger partial charge in [-0.15, -0.1) is 0 Å². The van der Waals surface area contributed by atoms with Crippen molar-refractivity contribution in [1.29, 1.82) is 0 Å². The second-order valence-corrected chi connectivity index (χ2v) is 4.46. The molecule has 16 heavy (non-hydrogen) atoms. The Morgan fingerprint density at radius 3 is 2.56 bits per heavy atom. The zero-order valence-electron chi connectivity index (χ0n) is 10.2. The minimum atomic E-state index is 0.471. The summed E-state index contributed by atoms with van der Waals surface area (Å²) >= 11 is 0. The zero-order chi connectivity index (χ0) is 11.9. The van der Waals surface area contributed by atoms with E-state index in [0.29, 0.717) is 5.92 Å². The second kappa shape index (κ2) is 3.74. The third-order valence-corrected chi connectivity index (χ3v) is 2.99. The fourth-order valence-electron chi connectivity index (χ4n) is 2.17. The van der Waals surface area contributed by atoms with E-state index < -0.39 is 0 Å². The molecule has 3 N–H and O–H groups in total. The smallest absolute Gasteiger partial charge is 0.144 e. The number of nitrogens with one attached hydrogen (secondary N) is 1. The predicted octanol–water partition coefficient (Wildman–Crippen LogP) is 3.19. The average molecular weight is 218 g/mol. The minimum Gasteiger partial charge on any atom is -0.494 e. The molecule has 0 bridgehead atoms. The van der Waals surface area contributed by atoms with Crippen molar-refractivity contribution in [1.82, 2.24) is 4.98 Å². The molecule has 2 rings (SSSR count). The van der Waals surface area contributed by atoms with Gasteiger partial charge in [-0.05, 0) is 24.5 Å². The Morgan fingerprint density at radius 1 is 1.31 bits per heavy atom. The maximum atomic E-state index is 5.86. The highest BCUT2D eigenvalue weighted by molar-refractivity contribution is 5.92. The van der Waals surface area contributed by atoms with E-state index in [-0.39, 0.29) is 0 Å². The van der Waals surface area contributed by atoms with Crippen molar-refractivity contribution < 1.29 is 4.74 Å². The van der Waals surface area contributed by atoms with Gasteiger partial charge in [0.05, 0.1) is 12.6 Å². The number of fused-ring (bicyclic) bond motifs is 1. The molecule has 1 heterocycles. The van der Waals surface area contributed by atoms with Gasteiger partial charge in [-0.2, -0.15) is 0 Å². The molecule has 0 atom stereocenters. The molecule has 0 amide bonds. The first-order chi connectivity index (χ1) is 7.54. The minimum absolute atomic E-state index is 0.471. The van der Waals surface area contributed by atoms with Crippen LogP contribution in [-0.4, -0.2) is 12.1 Å². The molecule has 0 aliphatic heterocycles. The number of hydrogen-bond acceptors (Lipinski definition) is 2. The number of aryl methyl sites for hydroxylation is 1. The van der Waals surface area contributed by atoms with E-state index in [2.05, 4.69) is 25.8 Å². The van der Waals surface area contributed by atoms with Crippen LogP contribution in [-0.2, 0) is 0 Å². The number of hydrogen-bond donors (Lipinski definition) is 2. The molecular formula is C13H18N2O. The fraction of sp³-hybridized carbons (Fsp3) is 0.385. The van der Waals surface area contributed by atoms with Crippen molar-refractivity contribution >= 4 is 16.6 Å². The van der Waals surface area contributed by atoms with Crippen LogP contribution in [0.2, 0.25) is 0 Å².